The van der Waals surface area contributed by atoms with Crippen molar-refractivity contribution in [3.8, 4) is 5.75 Å². The zero-order chi connectivity index (χ0) is 25.2. The Morgan fingerprint density at radius 1 is 1.22 bits per heavy atom. The predicted molar refractivity (Wildman–Crippen MR) is 142 cm³/mol. The molecule has 1 aliphatic rings. The number of hydrogen-bond acceptors (Lipinski definition) is 6. The number of halogens is 2. The minimum absolute atomic E-state index is 0.275. The highest BCUT2D eigenvalue weighted by molar-refractivity contribution is 7.22. The summed E-state index contributed by atoms with van der Waals surface area (Å²) in [5, 5.41) is 10.5. The van der Waals surface area contributed by atoms with Gasteiger partial charge in [0.15, 0.2) is 5.13 Å². The number of hydrogen-bond donors (Lipinski definition) is 1. The van der Waals surface area contributed by atoms with Crippen LogP contribution in [0.15, 0.2) is 60.7 Å². The van der Waals surface area contributed by atoms with Crippen LogP contribution in [0.25, 0.3) is 10.2 Å². The first kappa shape index (κ1) is 24.3. The third-order valence-electron chi connectivity index (χ3n) is 6.45. The van der Waals surface area contributed by atoms with E-state index < -0.39 is 5.97 Å². The van der Waals surface area contributed by atoms with Gasteiger partial charge in [0.2, 0.25) is 0 Å². The number of rotatable bonds is 9. The molecule has 1 aromatic heterocycles. The van der Waals surface area contributed by atoms with E-state index >= 15 is 0 Å². The fraction of sp³-hybridized carbons (Fsp3) is 0.259. The summed E-state index contributed by atoms with van der Waals surface area (Å²) in [6, 6.07) is 18.7. The summed E-state index contributed by atoms with van der Waals surface area (Å²) in [7, 11) is 1.64. The number of aliphatic carboxylic acids is 1. The molecule has 0 spiro atoms. The van der Waals surface area contributed by atoms with Gasteiger partial charge in [-0.3, -0.25) is 4.79 Å². The molecule has 6 nitrogen and oxygen atoms in total. The number of methoxy groups -OCH3 is 1. The van der Waals surface area contributed by atoms with E-state index in [1.807, 2.05) is 53.4 Å². The van der Waals surface area contributed by atoms with Gasteiger partial charge in [0.05, 0.1) is 23.2 Å². The zero-order valence-corrected chi connectivity index (χ0v) is 21.2. The quantitative estimate of drug-likeness (QED) is 0.295. The summed E-state index contributed by atoms with van der Waals surface area (Å²) >= 11 is 8.01. The number of fused-ring (bicyclic) bond motifs is 1. The molecule has 1 fully saturated rings. The molecule has 1 N–H and O–H groups in total. The minimum Gasteiger partial charge on any atom is -0.497 e. The van der Waals surface area contributed by atoms with Gasteiger partial charge in [-0.15, -0.1) is 0 Å². The summed E-state index contributed by atoms with van der Waals surface area (Å²) in [6.45, 7) is 2.14. The van der Waals surface area contributed by atoms with Gasteiger partial charge in [0, 0.05) is 36.9 Å². The first-order valence-electron chi connectivity index (χ1n) is 11.6. The molecule has 1 saturated heterocycles. The topological polar surface area (TPSA) is 65.9 Å². The van der Waals surface area contributed by atoms with E-state index in [0.717, 1.165) is 34.1 Å². The number of carbonyl (C=O) groups is 1. The predicted octanol–water partition coefficient (Wildman–Crippen LogP) is 5.87. The van der Waals surface area contributed by atoms with Crippen LogP contribution in [0.3, 0.4) is 0 Å². The minimum atomic E-state index is -0.770. The van der Waals surface area contributed by atoms with Crippen LogP contribution >= 0.6 is 22.9 Å². The largest absolute Gasteiger partial charge is 0.497 e. The van der Waals surface area contributed by atoms with Crippen molar-refractivity contribution < 1.29 is 19.0 Å². The number of thiazole rings is 1. The second kappa shape index (κ2) is 10.3. The molecule has 3 aromatic carbocycles. The van der Waals surface area contributed by atoms with Crippen molar-refractivity contribution >= 4 is 49.9 Å². The highest BCUT2D eigenvalue weighted by Gasteiger charge is 2.32. The van der Waals surface area contributed by atoms with Gasteiger partial charge in [0.1, 0.15) is 11.6 Å². The van der Waals surface area contributed by atoms with Gasteiger partial charge in [0.25, 0.3) is 0 Å². The number of anilines is 2. The van der Waals surface area contributed by atoms with Gasteiger partial charge in [-0.25, -0.2) is 9.37 Å². The number of ether oxygens (including phenoxy) is 1. The maximum Gasteiger partial charge on any atom is 0.310 e. The lowest BCUT2D eigenvalue weighted by Gasteiger charge is -2.38. The Balaban J connectivity index is 1.37. The molecule has 4 aromatic rings. The van der Waals surface area contributed by atoms with E-state index in [9.17, 15) is 9.18 Å². The van der Waals surface area contributed by atoms with Gasteiger partial charge >= 0.3 is 5.97 Å². The van der Waals surface area contributed by atoms with E-state index in [1.165, 1.54) is 17.4 Å². The van der Waals surface area contributed by atoms with Gasteiger partial charge in [-0.2, -0.15) is 0 Å². The van der Waals surface area contributed by atoms with Crippen LogP contribution in [0, 0.1) is 11.7 Å². The van der Waals surface area contributed by atoms with Crippen molar-refractivity contribution in [1.82, 2.24) is 4.98 Å². The average Bonchev–Trinajstić information content (AvgIpc) is 3.28. The van der Waals surface area contributed by atoms with Crippen LogP contribution in [-0.4, -0.2) is 42.8 Å². The third kappa shape index (κ3) is 5.10. The summed E-state index contributed by atoms with van der Waals surface area (Å²) in [5.74, 6) is -0.575. The first-order chi connectivity index (χ1) is 17.4. The van der Waals surface area contributed by atoms with Crippen molar-refractivity contribution in [2.45, 2.75) is 13.0 Å². The summed E-state index contributed by atoms with van der Waals surface area (Å²) < 4.78 is 20.2. The fourth-order valence-electron chi connectivity index (χ4n) is 4.25. The molecule has 0 saturated carbocycles. The first-order valence-corrected chi connectivity index (χ1v) is 12.8. The molecule has 2 heterocycles. The maximum atomic E-state index is 14.4. The third-order valence-corrected chi connectivity index (χ3v) is 7.94. The van der Waals surface area contributed by atoms with E-state index in [4.69, 9.17) is 26.4 Å². The Kier molecular flexibility index (Phi) is 6.98. The molecule has 0 atom stereocenters. The molecule has 36 heavy (non-hydrogen) atoms. The van der Waals surface area contributed by atoms with E-state index in [1.54, 1.807) is 13.2 Å². The monoisotopic (exact) mass is 525 g/mol. The van der Waals surface area contributed by atoms with Gasteiger partial charge in [-0.1, -0.05) is 47.2 Å². The summed E-state index contributed by atoms with van der Waals surface area (Å²) in [6.07, 6.45) is 0.766. The van der Waals surface area contributed by atoms with Crippen LogP contribution in [0.2, 0.25) is 5.02 Å². The van der Waals surface area contributed by atoms with E-state index in [-0.39, 0.29) is 11.7 Å². The highest BCUT2D eigenvalue weighted by atomic mass is 35.5. The molecule has 1 aliphatic heterocycles. The Bertz CT molecular complexity index is 1390. The van der Waals surface area contributed by atoms with E-state index in [0.29, 0.717) is 41.4 Å². The van der Waals surface area contributed by atoms with Crippen LogP contribution in [0.4, 0.5) is 15.2 Å². The van der Waals surface area contributed by atoms with Crippen LogP contribution in [0.1, 0.15) is 11.1 Å². The van der Waals surface area contributed by atoms with Crippen molar-refractivity contribution in [2.75, 3.05) is 36.5 Å². The zero-order valence-electron chi connectivity index (χ0n) is 19.7. The molecule has 0 aliphatic carbocycles. The molecular formula is C27H25ClFN3O3S. The molecular weight excluding hydrogens is 501 g/mol. The van der Waals surface area contributed by atoms with Crippen LogP contribution in [-0.2, 0) is 17.8 Å². The Labute approximate surface area is 217 Å². The number of aromatic nitrogens is 1. The smallest absolute Gasteiger partial charge is 0.310 e. The normalized spacial score (nSPS) is 13.6. The van der Waals surface area contributed by atoms with Crippen molar-refractivity contribution in [3.63, 3.8) is 0 Å². The number of carboxylic acid groups (broad SMARTS) is 1. The lowest BCUT2D eigenvalue weighted by atomic mass is 9.99. The molecule has 0 amide bonds. The second-order valence-corrected chi connectivity index (χ2v) is 10.2. The molecule has 0 radical (unpaired) electrons. The summed E-state index contributed by atoms with van der Waals surface area (Å²) in [4.78, 5) is 20.0. The van der Waals surface area contributed by atoms with Gasteiger partial charge in [-0.05, 0) is 53.9 Å². The molecule has 186 valence electrons. The Hall–Kier alpha value is -3.36. The van der Waals surface area contributed by atoms with Crippen molar-refractivity contribution in [2.24, 2.45) is 5.92 Å². The molecule has 0 unspecified atom stereocenters. The number of nitrogens with zero attached hydrogens (tertiary/aromatic N) is 3. The van der Waals surface area contributed by atoms with Crippen LogP contribution in [0.5, 0.6) is 5.75 Å². The fourth-order valence-corrected chi connectivity index (χ4v) is 5.48. The Morgan fingerprint density at radius 2 is 2.00 bits per heavy atom. The van der Waals surface area contributed by atoms with E-state index in [2.05, 4.69) is 4.90 Å². The number of carboxylic acids is 1. The number of benzene rings is 3. The molecule has 9 heteroatoms. The highest BCUT2D eigenvalue weighted by Crippen LogP contribution is 2.34. The lowest BCUT2D eigenvalue weighted by Crippen LogP contribution is -2.50. The molecule has 5 rings (SSSR count). The molecule has 0 bridgehead atoms. The average molecular weight is 526 g/mol. The lowest BCUT2D eigenvalue weighted by molar-refractivity contribution is -0.142. The SMILES string of the molecule is COc1ccc(CCN(Cc2ccc(N3CC(C(=O)O)C3)cc2Cl)c2nc3cccc(F)c3s2)cc1. The van der Waals surface area contributed by atoms with Crippen molar-refractivity contribution in [3.05, 3.63) is 82.6 Å². The van der Waals surface area contributed by atoms with Gasteiger partial charge < -0.3 is 19.6 Å². The standard InChI is InChI=1S/C27H25ClFN3O3S/c1-35-21-9-5-17(6-10-21)11-12-31(27-30-24-4-2-3-23(29)25(24)36-27)14-18-7-8-20(13-22(18)28)32-15-19(16-32)26(33)34/h2-10,13,19H,11-12,14-16H2,1H3,(H,33,34). The van der Waals surface area contributed by atoms with Crippen LogP contribution < -0.4 is 14.5 Å². The van der Waals surface area contributed by atoms with Crippen molar-refractivity contribution in [1.29, 1.82) is 0 Å². The summed E-state index contributed by atoms with van der Waals surface area (Å²) in [5.41, 5.74) is 3.62. The maximum absolute atomic E-state index is 14.4. The second-order valence-electron chi connectivity index (χ2n) is 8.82. The Morgan fingerprint density at radius 3 is 2.67 bits per heavy atom.